The van der Waals surface area contributed by atoms with Crippen molar-refractivity contribution >= 4 is 27.5 Å². The molecular weight excluding hydrogens is 579 g/mol. The molecular formula is C30H33FN4O7S. The smallest absolute Gasteiger partial charge is 0.332 e. The van der Waals surface area contributed by atoms with E-state index in [9.17, 15) is 23.9 Å². The summed E-state index contributed by atoms with van der Waals surface area (Å²) in [5, 5.41) is 12.9. The van der Waals surface area contributed by atoms with Crippen LogP contribution in [-0.4, -0.2) is 51.5 Å². The minimum Gasteiger partial charge on any atom is -0.496 e. The molecule has 43 heavy (non-hydrogen) atoms. The van der Waals surface area contributed by atoms with Gasteiger partial charge in [0, 0.05) is 12.1 Å². The van der Waals surface area contributed by atoms with Gasteiger partial charge >= 0.3 is 5.69 Å². The third-order valence-corrected chi connectivity index (χ3v) is 9.74. The van der Waals surface area contributed by atoms with Crippen LogP contribution in [0.3, 0.4) is 0 Å². The van der Waals surface area contributed by atoms with Gasteiger partial charge < -0.3 is 24.3 Å². The highest BCUT2D eigenvalue weighted by Crippen LogP contribution is 2.38. The maximum atomic E-state index is 14.6. The SMILES string of the molecule is COc1ccc(F)cc1[C@H](Cn1c(=O)n([C@@H]2CCNC2=O)c(=O)c2c(C)c(-c3ncco3)sc21)OCC1CCC(O)CC1. The zero-order valence-corrected chi connectivity index (χ0v) is 24.7. The number of hydrogen-bond donors (Lipinski definition) is 2. The number of halogens is 1. The lowest BCUT2D eigenvalue weighted by molar-refractivity contribution is -0.122. The Labute approximate surface area is 249 Å². The van der Waals surface area contributed by atoms with Crippen LogP contribution in [0.15, 0.2) is 44.7 Å². The molecule has 1 aliphatic carbocycles. The van der Waals surface area contributed by atoms with E-state index in [1.165, 1.54) is 53.7 Å². The fraction of sp³-hybridized carbons (Fsp3) is 0.467. The predicted molar refractivity (Wildman–Crippen MR) is 157 cm³/mol. The van der Waals surface area contributed by atoms with Gasteiger partial charge in [0.25, 0.3) is 5.56 Å². The second kappa shape index (κ2) is 12.1. The molecule has 2 N–H and O–H groups in total. The molecule has 1 saturated heterocycles. The van der Waals surface area contributed by atoms with E-state index in [1.807, 2.05) is 0 Å². The Kier molecular flexibility index (Phi) is 8.21. The summed E-state index contributed by atoms with van der Waals surface area (Å²) in [5.41, 5.74) is -0.234. The number of nitrogens with one attached hydrogen (secondary N) is 1. The fourth-order valence-corrected chi connectivity index (χ4v) is 7.34. The number of rotatable bonds is 9. The number of thiophene rings is 1. The number of hydrogen-bond acceptors (Lipinski definition) is 9. The zero-order valence-electron chi connectivity index (χ0n) is 23.9. The molecule has 0 bridgehead atoms. The van der Waals surface area contributed by atoms with Gasteiger partial charge in [0.05, 0.1) is 42.8 Å². The Morgan fingerprint density at radius 2 is 2.00 bits per heavy atom. The Bertz CT molecular complexity index is 1750. The highest BCUT2D eigenvalue weighted by molar-refractivity contribution is 7.22. The van der Waals surface area contributed by atoms with Crippen LogP contribution in [0, 0.1) is 18.7 Å². The molecule has 1 aliphatic heterocycles. The van der Waals surface area contributed by atoms with Crippen molar-refractivity contribution in [1.29, 1.82) is 0 Å². The van der Waals surface area contributed by atoms with E-state index in [1.54, 1.807) is 6.92 Å². The quantitative estimate of drug-likeness (QED) is 0.292. The summed E-state index contributed by atoms with van der Waals surface area (Å²) in [5.74, 6) is -0.0141. The van der Waals surface area contributed by atoms with Crippen molar-refractivity contribution < 1.29 is 28.2 Å². The van der Waals surface area contributed by atoms with Gasteiger partial charge in [-0.25, -0.2) is 18.7 Å². The number of amides is 1. The highest BCUT2D eigenvalue weighted by atomic mass is 32.1. The van der Waals surface area contributed by atoms with Gasteiger partial charge in [-0.05, 0) is 68.7 Å². The van der Waals surface area contributed by atoms with Gasteiger partial charge in [-0.1, -0.05) is 0 Å². The van der Waals surface area contributed by atoms with Crippen LogP contribution in [0.25, 0.3) is 21.0 Å². The number of benzene rings is 1. The zero-order chi connectivity index (χ0) is 30.2. The van der Waals surface area contributed by atoms with E-state index in [0.717, 1.165) is 17.4 Å². The molecule has 4 aromatic rings. The molecule has 1 aromatic carbocycles. The van der Waals surface area contributed by atoms with E-state index in [-0.39, 0.29) is 24.0 Å². The number of ether oxygens (including phenoxy) is 2. The van der Waals surface area contributed by atoms with Crippen LogP contribution < -0.4 is 21.3 Å². The monoisotopic (exact) mass is 612 g/mol. The lowest BCUT2D eigenvalue weighted by Crippen LogP contribution is -2.44. The summed E-state index contributed by atoms with van der Waals surface area (Å²) >= 11 is 1.19. The van der Waals surface area contributed by atoms with Gasteiger partial charge in [0.1, 0.15) is 34.8 Å². The average molecular weight is 613 g/mol. The van der Waals surface area contributed by atoms with Gasteiger partial charge in [-0.3, -0.25) is 14.2 Å². The number of carbonyl (C=O) groups is 1. The van der Waals surface area contributed by atoms with Gasteiger partial charge in [0.2, 0.25) is 11.8 Å². The van der Waals surface area contributed by atoms with Crippen LogP contribution in [0.5, 0.6) is 5.75 Å². The highest BCUT2D eigenvalue weighted by Gasteiger charge is 2.33. The van der Waals surface area contributed by atoms with Crippen molar-refractivity contribution in [2.75, 3.05) is 20.3 Å². The largest absolute Gasteiger partial charge is 0.496 e. The number of aliphatic hydroxyl groups is 1. The third-order valence-electron chi connectivity index (χ3n) is 8.44. The molecule has 11 nitrogen and oxygen atoms in total. The number of aromatic nitrogens is 3. The molecule has 2 fully saturated rings. The number of oxazole rings is 1. The first kappa shape index (κ1) is 29.3. The summed E-state index contributed by atoms with van der Waals surface area (Å²) < 4.78 is 34.6. The van der Waals surface area contributed by atoms with E-state index in [0.29, 0.717) is 64.9 Å². The predicted octanol–water partition coefficient (Wildman–Crippen LogP) is 3.71. The van der Waals surface area contributed by atoms with E-state index < -0.39 is 35.1 Å². The van der Waals surface area contributed by atoms with Crippen LogP contribution in [0.4, 0.5) is 4.39 Å². The number of aliphatic hydroxyl groups excluding tert-OH is 1. The first-order valence-electron chi connectivity index (χ1n) is 14.4. The second-order valence-electron chi connectivity index (χ2n) is 11.1. The van der Waals surface area contributed by atoms with Crippen molar-refractivity contribution in [3.63, 3.8) is 0 Å². The number of aryl methyl sites for hydroxylation is 1. The standard InChI is InChI=1S/C30H33FN4O7S/c1-16-24-28(38)35(21-9-10-32-26(21)37)30(39)34(29(24)43-25(16)27-33-11-12-41-27)14-23(20-13-18(31)5-8-22(20)40-2)42-15-17-3-6-19(36)7-4-17/h5,8,11-13,17,19,21,23,36H,3-4,6-7,9-10,14-15H2,1-2H3,(H,32,37)/t17?,19?,21-,23+/m1/s1. The minimum absolute atomic E-state index is 0.0793. The molecule has 13 heteroatoms. The van der Waals surface area contributed by atoms with E-state index in [4.69, 9.17) is 13.9 Å². The minimum atomic E-state index is -0.961. The van der Waals surface area contributed by atoms with Gasteiger partial charge in [-0.15, -0.1) is 11.3 Å². The van der Waals surface area contributed by atoms with Crippen molar-refractivity contribution in [3.05, 3.63) is 68.4 Å². The average Bonchev–Trinajstić information content (AvgIpc) is 3.75. The molecule has 2 atom stereocenters. The summed E-state index contributed by atoms with van der Waals surface area (Å²) in [7, 11) is 1.48. The van der Waals surface area contributed by atoms with Crippen LogP contribution >= 0.6 is 11.3 Å². The van der Waals surface area contributed by atoms with Crippen molar-refractivity contribution in [3.8, 4) is 16.5 Å². The van der Waals surface area contributed by atoms with Gasteiger partial charge in [-0.2, -0.15) is 0 Å². The molecule has 4 heterocycles. The molecule has 0 radical (unpaired) electrons. The van der Waals surface area contributed by atoms with E-state index >= 15 is 0 Å². The lowest BCUT2D eigenvalue weighted by atomic mass is 9.88. The number of nitrogens with zero attached hydrogens (tertiary/aromatic N) is 3. The molecule has 0 unspecified atom stereocenters. The number of fused-ring (bicyclic) bond motifs is 1. The first-order chi connectivity index (χ1) is 20.8. The normalized spacial score (nSPS) is 21.3. The third kappa shape index (κ3) is 5.52. The van der Waals surface area contributed by atoms with Crippen molar-refractivity contribution in [1.82, 2.24) is 19.4 Å². The van der Waals surface area contributed by atoms with E-state index in [2.05, 4.69) is 10.3 Å². The van der Waals surface area contributed by atoms with Crippen molar-refractivity contribution in [2.45, 2.75) is 63.8 Å². The Hall–Kier alpha value is -3.81. The van der Waals surface area contributed by atoms with Gasteiger partial charge in [0.15, 0.2) is 0 Å². The summed E-state index contributed by atoms with van der Waals surface area (Å²) in [6.07, 6.45) is 4.97. The topological polar surface area (TPSA) is 138 Å². The summed E-state index contributed by atoms with van der Waals surface area (Å²) in [4.78, 5) is 46.0. The maximum absolute atomic E-state index is 14.6. The van der Waals surface area contributed by atoms with Crippen LogP contribution in [0.2, 0.25) is 0 Å². The Morgan fingerprint density at radius 3 is 2.67 bits per heavy atom. The molecule has 2 aliphatic rings. The van der Waals surface area contributed by atoms with Crippen molar-refractivity contribution in [2.24, 2.45) is 5.92 Å². The molecule has 3 aromatic heterocycles. The number of methoxy groups -OCH3 is 1. The molecule has 1 amide bonds. The molecule has 6 rings (SSSR count). The maximum Gasteiger partial charge on any atom is 0.332 e. The van der Waals surface area contributed by atoms with Crippen LogP contribution in [0.1, 0.15) is 55.4 Å². The Balaban J connectivity index is 1.51. The first-order valence-corrected chi connectivity index (χ1v) is 15.2. The molecule has 228 valence electrons. The summed E-state index contributed by atoms with van der Waals surface area (Å²) in [6, 6.07) is 3.16. The summed E-state index contributed by atoms with van der Waals surface area (Å²) in [6.45, 7) is 2.35. The van der Waals surface area contributed by atoms with Crippen LogP contribution in [-0.2, 0) is 16.1 Å². The molecule has 1 saturated carbocycles. The Morgan fingerprint density at radius 1 is 1.21 bits per heavy atom. The molecule has 0 spiro atoms. The lowest BCUT2D eigenvalue weighted by Gasteiger charge is -2.28. The number of carbonyl (C=O) groups excluding carboxylic acids is 1. The fourth-order valence-electron chi connectivity index (χ4n) is 6.09. The second-order valence-corrected chi connectivity index (χ2v) is 12.1.